The number of rotatable bonds is 8. The Morgan fingerprint density at radius 1 is 1.05 bits per heavy atom. The number of carbonyl (C=O) groups excluding carboxylic acids is 1. The molecule has 0 amide bonds. The first-order valence-corrected chi connectivity index (χ1v) is 12.6. The molecule has 0 radical (unpaired) electrons. The van der Waals surface area contributed by atoms with Crippen LogP contribution in [0.15, 0.2) is 48.5 Å². The van der Waals surface area contributed by atoms with Gasteiger partial charge in [0.25, 0.3) is 0 Å². The molecule has 0 N–H and O–H groups in total. The van der Waals surface area contributed by atoms with Crippen LogP contribution >= 0.6 is 36.4 Å². The number of methoxy groups -OCH3 is 1. The summed E-state index contributed by atoms with van der Waals surface area (Å²) in [6, 6.07) is 16.6. The van der Waals surface area contributed by atoms with E-state index < -0.39 is 0 Å². The standard InChI is InChI=1S/C27H31ClN4O3.2ClH/c1-31-24(29-30-26(31)27(12-13-27)20-6-4-3-5-7-20)22-9-8-21(18-23(22)28)32-14-10-19(11-15-32)25(33)35-17-16-34-2;;/h3-9,18-19H,10-17H2,1-2H3;2*1H. The van der Waals surface area contributed by atoms with E-state index in [2.05, 4.69) is 50.0 Å². The second-order valence-electron chi connectivity index (χ2n) is 9.44. The largest absolute Gasteiger partial charge is 0.463 e. The number of halogens is 3. The minimum atomic E-state index is -0.128. The minimum absolute atomic E-state index is 0. The number of benzene rings is 2. The van der Waals surface area contributed by atoms with Crippen LogP contribution in [0.1, 0.15) is 37.1 Å². The molecule has 0 bridgehead atoms. The number of piperidine rings is 1. The van der Waals surface area contributed by atoms with E-state index in [1.807, 2.05) is 25.2 Å². The summed E-state index contributed by atoms with van der Waals surface area (Å²) in [4.78, 5) is 14.5. The van der Waals surface area contributed by atoms with Gasteiger partial charge in [-0.3, -0.25) is 4.79 Å². The van der Waals surface area contributed by atoms with Crippen LogP contribution in [0.5, 0.6) is 0 Å². The molecule has 10 heteroatoms. The summed E-state index contributed by atoms with van der Waals surface area (Å²) < 4.78 is 12.3. The van der Waals surface area contributed by atoms with Crippen LogP contribution in [0.2, 0.25) is 5.02 Å². The van der Waals surface area contributed by atoms with Crippen molar-refractivity contribution in [2.75, 3.05) is 38.3 Å². The molecule has 0 spiro atoms. The van der Waals surface area contributed by atoms with Gasteiger partial charge in [0.15, 0.2) is 5.82 Å². The molecule has 1 aliphatic carbocycles. The van der Waals surface area contributed by atoms with E-state index in [-0.39, 0.29) is 42.1 Å². The predicted octanol–water partition coefficient (Wildman–Crippen LogP) is 5.47. The Balaban J connectivity index is 0.00000190. The lowest BCUT2D eigenvalue weighted by molar-refractivity contribution is -0.150. The molecule has 2 fully saturated rings. The first-order chi connectivity index (χ1) is 17.0. The van der Waals surface area contributed by atoms with Gasteiger partial charge in [0.05, 0.1) is 23.0 Å². The number of nitrogens with zero attached hydrogens (tertiary/aromatic N) is 4. The third-order valence-electron chi connectivity index (χ3n) is 7.30. The smallest absolute Gasteiger partial charge is 0.309 e. The fourth-order valence-corrected chi connectivity index (χ4v) is 5.36. The van der Waals surface area contributed by atoms with Gasteiger partial charge in [-0.2, -0.15) is 0 Å². The number of hydrogen-bond donors (Lipinski definition) is 0. The number of carbonyl (C=O) groups is 1. The van der Waals surface area contributed by atoms with E-state index in [9.17, 15) is 4.79 Å². The Labute approximate surface area is 235 Å². The molecular formula is C27H33Cl3N4O3. The van der Waals surface area contributed by atoms with Crippen molar-refractivity contribution in [2.45, 2.75) is 31.1 Å². The Morgan fingerprint density at radius 3 is 2.38 bits per heavy atom. The summed E-state index contributed by atoms with van der Waals surface area (Å²) in [5, 5.41) is 9.78. The molecule has 0 atom stereocenters. The number of esters is 1. The average molecular weight is 568 g/mol. The fourth-order valence-electron chi connectivity index (χ4n) is 5.10. The molecule has 5 rings (SSSR count). The molecule has 2 heterocycles. The molecule has 37 heavy (non-hydrogen) atoms. The number of ether oxygens (including phenoxy) is 2. The molecule has 1 aromatic heterocycles. The number of hydrogen-bond acceptors (Lipinski definition) is 6. The SMILES string of the molecule is COCCOC(=O)C1CCN(c2ccc(-c3nnc(C4(c5ccccc5)CC4)n3C)c(Cl)c2)CC1.Cl.Cl. The van der Waals surface area contributed by atoms with Gasteiger partial charge < -0.3 is 18.9 Å². The topological polar surface area (TPSA) is 69.5 Å². The van der Waals surface area contributed by atoms with Crippen LogP contribution in [0.3, 0.4) is 0 Å². The van der Waals surface area contributed by atoms with Gasteiger partial charge in [-0.25, -0.2) is 0 Å². The molecule has 1 aliphatic heterocycles. The maximum absolute atomic E-state index is 12.2. The highest BCUT2D eigenvalue weighted by atomic mass is 35.5. The van der Waals surface area contributed by atoms with Crippen LogP contribution in [0.25, 0.3) is 11.4 Å². The third kappa shape index (κ3) is 5.90. The van der Waals surface area contributed by atoms with Crippen LogP contribution in [-0.2, 0) is 26.7 Å². The monoisotopic (exact) mass is 566 g/mol. The van der Waals surface area contributed by atoms with Gasteiger partial charge in [-0.1, -0.05) is 41.9 Å². The third-order valence-corrected chi connectivity index (χ3v) is 7.61. The van der Waals surface area contributed by atoms with Gasteiger partial charge in [-0.05, 0) is 49.4 Å². The van der Waals surface area contributed by atoms with Gasteiger partial charge in [0.1, 0.15) is 12.4 Å². The zero-order valence-corrected chi connectivity index (χ0v) is 23.4. The molecule has 2 aliphatic rings. The van der Waals surface area contributed by atoms with Gasteiger partial charge >= 0.3 is 5.97 Å². The van der Waals surface area contributed by atoms with Crippen LogP contribution in [-0.4, -0.2) is 54.1 Å². The molecular weight excluding hydrogens is 535 g/mol. The number of anilines is 1. The molecule has 1 saturated heterocycles. The Morgan fingerprint density at radius 2 is 1.76 bits per heavy atom. The van der Waals surface area contributed by atoms with E-state index in [4.69, 9.17) is 21.1 Å². The van der Waals surface area contributed by atoms with Crippen molar-refractivity contribution in [3.05, 3.63) is 64.9 Å². The molecule has 200 valence electrons. The van der Waals surface area contributed by atoms with Crippen molar-refractivity contribution >= 4 is 48.1 Å². The van der Waals surface area contributed by atoms with E-state index in [1.54, 1.807) is 7.11 Å². The molecule has 0 unspecified atom stereocenters. The lowest BCUT2D eigenvalue weighted by Crippen LogP contribution is -2.37. The normalized spacial score (nSPS) is 16.5. The summed E-state index contributed by atoms with van der Waals surface area (Å²) in [6.07, 6.45) is 3.68. The second kappa shape index (κ2) is 12.5. The minimum Gasteiger partial charge on any atom is -0.463 e. The van der Waals surface area contributed by atoms with E-state index in [0.717, 1.165) is 61.7 Å². The molecule has 1 saturated carbocycles. The second-order valence-corrected chi connectivity index (χ2v) is 9.85. The van der Waals surface area contributed by atoms with E-state index >= 15 is 0 Å². The number of aromatic nitrogens is 3. The Hall–Kier alpha value is -2.32. The zero-order chi connectivity index (χ0) is 24.4. The summed E-state index contributed by atoms with van der Waals surface area (Å²) in [7, 11) is 3.62. The van der Waals surface area contributed by atoms with E-state index in [0.29, 0.717) is 18.2 Å². The van der Waals surface area contributed by atoms with Crippen LogP contribution in [0.4, 0.5) is 5.69 Å². The van der Waals surface area contributed by atoms with E-state index in [1.165, 1.54) is 5.56 Å². The maximum atomic E-state index is 12.2. The van der Waals surface area contributed by atoms with Crippen LogP contribution in [0, 0.1) is 5.92 Å². The van der Waals surface area contributed by atoms with Crippen LogP contribution < -0.4 is 4.90 Å². The summed E-state index contributed by atoms with van der Waals surface area (Å²) in [5.41, 5.74) is 3.16. The van der Waals surface area contributed by atoms with Crippen molar-refractivity contribution in [1.29, 1.82) is 0 Å². The van der Waals surface area contributed by atoms with Gasteiger partial charge in [-0.15, -0.1) is 35.0 Å². The highest BCUT2D eigenvalue weighted by Gasteiger charge is 2.49. The first-order valence-electron chi connectivity index (χ1n) is 12.2. The van der Waals surface area contributed by atoms with Gasteiger partial charge in [0, 0.05) is 38.5 Å². The molecule has 2 aromatic carbocycles. The zero-order valence-electron chi connectivity index (χ0n) is 21.1. The quantitative estimate of drug-likeness (QED) is 0.266. The first kappa shape index (κ1) is 29.2. The average Bonchev–Trinajstić information content (AvgIpc) is 3.61. The van der Waals surface area contributed by atoms with Crippen molar-refractivity contribution in [2.24, 2.45) is 13.0 Å². The Kier molecular flexibility index (Phi) is 9.86. The predicted molar refractivity (Wildman–Crippen MR) is 150 cm³/mol. The summed E-state index contributed by atoms with van der Waals surface area (Å²) in [6.45, 7) is 2.30. The lowest BCUT2D eigenvalue weighted by atomic mass is 9.95. The Bertz CT molecular complexity index is 1190. The maximum Gasteiger partial charge on any atom is 0.309 e. The van der Waals surface area contributed by atoms with Crippen molar-refractivity contribution in [1.82, 2.24) is 14.8 Å². The highest BCUT2D eigenvalue weighted by Crippen LogP contribution is 2.53. The van der Waals surface area contributed by atoms with Crippen molar-refractivity contribution in [3.8, 4) is 11.4 Å². The molecule has 7 nitrogen and oxygen atoms in total. The highest BCUT2D eigenvalue weighted by molar-refractivity contribution is 6.33. The molecule has 3 aromatic rings. The lowest BCUT2D eigenvalue weighted by Gasteiger charge is -2.32. The summed E-state index contributed by atoms with van der Waals surface area (Å²) in [5.74, 6) is 1.57. The van der Waals surface area contributed by atoms with Gasteiger partial charge in [0.2, 0.25) is 0 Å². The summed E-state index contributed by atoms with van der Waals surface area (Å²) >= 11 is 6.77. The van der Waals surface area contributed by atoms with Crippen molar-refractivity contribution in [3.63, 3.8) is 0 Å². The fraction of sp³-hybridized carbons (Fsp3) is 0.444. The van der Waals surface area contributed by atoms with Crippen molar-refractivity contribution < 1.29 is 14.3 Å².